The van der Waals surface area contributed by atoms with E-state index in [0.29, 0.717) is 5.92 Å². The highest BCUT2D eigenvalue weighted by molar-refractivity contribution is 5.79. The first-order chi connectivity index (χ1) is 9.19. The number of amides is 1. The first-order valence-electron chi connectivity index (χ1n) is 7.12. The van der Waals surface area contributed by atoms with E-state index in [0.717, 1.165) is 6.42 Å². The molecule has 0 bridgehead atoms. The summed E-state index contributed by atoms with van der Waals surface area (Å²) >= 11 is 0. The number of hydrogen-bond acceptors (Lipinski definition) is 3. The topological polar surface area (TPSA) is 46.4 Å². The molecule has 1 heterocycles. The van der Waals surface area contributed by atoms with E-state index in [4.69, 9.17) is 11.2 Å². The van der Waals surface area contributed by atoms with Crippen molar-refractivity contribution >= 4 is 11.9 Å². The zero-order chi connectivity index (χ0) is 15.7. The van der Waals surface area contributed by atoms with Crippen molar-refractivity contribution in [1.29, 1.82) is 0 Å². The van der Waals surface area contributed by atoms with Crippen molar-refractivity contribution in [2.75, 3.05) is 0 Å². The van der Waals surface area contributed by atoms with E-state index in [1.165, 1.54) is 6.92 Å². The van der Waals surface area contributed by atoms with Crippen LogP contribution >= 0.6 is 0 Å². The molecule has 1 aliphatic rings. The Bertz CT molecular complexity index is 435. The van der Waals surface area contributed by atoms with Crippen LogP contribution in [0.4, 0.5) is 0 Å². The van der Waals surface area contributed by atoms with Crippen LogP contribution in [-0.2, 0) is 14.3 Å². The molecule has 1 rings (SSSR count). The van der Waals surface area contributed by atoms with Crippen molar-refractivity contribution in [3.63, 3.8) is 0 Å². The van der Waals surface area contributed by atoms with Gasteiger partial charge < -0.3 is 9.64 Å². The zero-order valence-corrected chi connectivity index (χ0v) is 13.3. The molecule has 4 heteroatoms. The lowest BCUT2D eigenvalue weighted by Gasteiger charge is -2.27. The van der Waals surface area contributed by atoms with E-state index in [1.807, 2.05) is 13.8 Å². The van der Waals surface area contributed by atoms with Crippen molar-refractivity contribution in [1.82, 2.24) is 4.90 Å². The number of hydrogen-bond donors (Lipinski definition) is 0. The lowest BCUT2D eigenvalue weighted by molar-refractivity contribution is -0.147. The molecule has 0 unspecified atom stereocenters. The van der Waals surface area contributed by atoms with Crippen LogP contribution < -0.4 is 0 Å². The summed E-state index contributed by atoms with van der Waals surface area (Å²) in [4.78, 5) is 25.0. The molecule has 20 heavy (non-hydrogen) atoms. The predicted molar refractivity (Wildman–Crippen MR) is 77.7 cm³/mol. The summed E-state index contributed by atoms with van der Waals surface area (Å²) < 4.78 is 5.31. The maximum atomic E-state index is 11.9. The fraction of sp³-hybridized carbons (Fsp3) is 0.750. The lowest BCUT2D eigenvalue weighted by Crippen LogP contribution is -2.43. The predicted octanol–water partition coefficient (Wildman–Crippen LogP) is 2.22. The van der Waals surface area contributed by atoms with Crippen LogP contribution in [0.5, 0.6) is 0 Å². The highest BCUT2D eigenvalue weighted by Gasteiger charge is 2.70. The Kier molecular flexibility index (Phi) is 4.86. The molecule has 0 saturated carbocycles. The monoisotopic (exact) mass is 279 g/mol. The Morgan fingerprint density at radius 2 is 1.85 bits per heavy atom. The van der Waals surface area contributed by atoms with Gasteiger partial charge in [-0.1, -0.05) is 33.6 Å². The fourth-order valence-electron chi connectivity index (χ4n) is 3.31. The Morgan fingerprint density at radius 1 is 1.30 bits per heavy atom. The van der Waals surface area contributed by atoms with Gasteiger partial charge in [-0.25, -0.2) is 0 Å². The molecule has 0 aliphatic carbocycles. The molecule has 1 fully saturated rings. The van der Waals surface area contributed by atoms with Gasteiger partial charge in [0.25, 0.3) is 0 Å². The second-order valence-corrected chi connectivity index (χ2v) is 6.23. The van der Waals surface area contributed by atoms with Gasteiger partial charge in [-0.2, -0.15) is 0 Å². The quantitative estimate of drug-likeness (QED) is 0.440. The van der Waals surface area contributed by atoms with E-state index >= 15 is 0 Å². The van der Waals surface area contributed by atoms with Crippen LogP contribution in [0.25, 0.3) is 0 Å². The number of rotatable bonds is 5. The van der Waals surface area contributed by atoms with Gasteiger partial charge in [0, 0.05) is 13.8 Å². The smallest absolute Gasteiger partial charge is 0.303 e. The van der Waals surface area contributed by atoms with Crippen LogP contribution in [0.2, 0.25) is 0 Å². The SMILES string of the molecule is C#C[C@@H](OC(C)=O)[C@@]1(C(C)C)[C@H](CC(C)C)N1C(C)=O. The molecule has 0 aromatic heterocycles. The summed E-state index contributed by atoms with van der Waals surface area (Å²) in [5.41, 5.74) is -0.559. The molecule has 1 saturated heterocycles. The van der Waals surface area contributed by atoms with E-state index in [1.54, 1.807) is 11.8 Å². The molecule has 0 N–H and O–H groups in total. The largest absolute Gasteiger partial charge is 0.447 e. The average molecular weight is 279 g/mol. The summed E-state index contributed by atoms with van der Waals surface area (Å²) in [5.74, 6) is 2.70. The standard InChI is InChI=1S/C16H25NO3/c1-8-15(20-13(7)19)16(11(4)5)14(9-10(2)3)17(16)12(6)18/h1,10-11,14-15H,9H2,2-7H3/t14-,15+,16+,17?/m0/s1. The second-order valence-electron chi connectivity index (χ2n) is 6.23. The van der Waals surface area contributed by atoms with E-state index in [-0.39, 0.29) is 17.9 Å². The van der Waals surface area contributed by atoms with Crippen LogP contribution in [0.3, 0.4) is 0 Å². The number of carbonyl (C=O) groups excluding carboxylic acids is 2. The second kappa shape index (κ2) is 5.87. The third-order valence-electron chi connectivity index (χ3n) is 4.01. The molecule has 0 aromatic carbocycles. The average Bonchev–Trinajstić information content (AvgIpc) is 2.94. The van der Waals surface area contributed by atoms with Gasteiger partial charge in [-0.05, 0) is 18.3 Å². The summed E-state index contributed by atoms with van der Waals surface area (Å²) in [6.07, 6.45) is 5.75. The van der Waals surface area contributed by atoms with Gasteiger partial charge in [0.05, 0.1) is 6.04 Å². The third kappa shape index (κ3) is 2.67. The lowest BCUT2D eigenvalue weighted by atomic mass is 9.83. The Hall–Kier alpha value is -1.50. The van der Waals surface area contributed by atoms with Gasteiger partial charge >= 0.3 is 5.97 Å². The van der Waals surface area contributed by atoms with E-state index in [9.17, 15) is 9.59 Å². The number of terminal acetylenes is 1. The molecule has 0 spiro atoms. The van der Waals surface area contributed by atoms with Crippen molar-refractivity contribution in [2.24, 2.45) is 11.8 Å². The van der Waals surface area contributed by atoms with Crippen molar-refractivity contribution in [2.45, 2.75) is 65.6 Å². The van der Waals surface area contributed by atoms with Gasteiger partial charge in [-0.3, -0.25) is 9.59 Å². The zero-order valence-electron chi connectivity index (χ0n) is 13.3. The Labute approximate surface area is 121 Å². The summed E-state index contributed by atoms with van der Waals surface area (Å²) in [6.45, 7) is 11.1. The Morgan fingerprint density at radius 3 is 2.15 bits per heavy atom. The normalized spacial score (nSPS) is 26.4. The van der Waals surface area contributed by atoms with Crippen LogP contribution in [-0.4, -0.2) is 34.5 Å². The van der Waals surface area contributed by atoms with Gasteiger partial charge in [0.1, 0.15) is 5.54 Å². The highest BCUT2D eigenvalue weighted by Crippen LogP contribution is 2.53. The van der Waals surface area contributed by atoms with Gasteiger partial charge in [0.15, 0.2) is 6.10 Å². The maximum absolute atomic E-state index is 11.9. The minimum Gasteiger partial charge on any atom is -0.447 e. The summed E-state index contributed by atoms with van der Waals surface area (Å²) in [7, 11) is 0. The first kappa shape index (κ1) is 16.6. The van der Waals surface area contributed by atoms with Gasteiger partial charge in [0.2, 0.25) is 5.91 Å². The number of esters is 1. The van der Waals surface area contributed by atoms with Gasteiger partial charge in [-0.15, -0.1) is 6.42 Å². The number of carbonyl (C=O) groups is 2. The van der Waals surface area contributed by atoms with Crippen LogP contribution in [0.1, 0.15) is 48.0 Å². The minimum atomic E-state index is -0.687. The van der Waals surface area contributed by atoms with E-state index in [2.05, 4.69) is 19.8 Å². The third-order valence-corrected chi connectivity index (χ3v) is 4.01. The maximum Gasteiger partial charge on any atom is 0.303 e. The first-order valence-corrected chi connectivity index (χ1v) is 7.12. The van der Waals surface area contributed by atoms with E-state index < -0.39 is 17.6 Å². The summed E-state index contributed by atoms with van der Waals surface area (Å²) in [5, 5.41) is 0. The van der Waals surface area contributed by atoms with Crippen molar-refractivity contribution in [3.8, 4) is 12.3 Å². The Balaban J connectivity index is 3.17. The molecule has 3 atom stereocenters. The molecule has 0 radical (unpaired) electrons. The molecular weight excluding hydrogens is 254 g/mol. The van der Waals surface area contributed by atoms with Crippen molar-refractivity contribution in [3.05, 3.63) is 0 Å². The molecule has 112 valence electrons. The molecule has 4 nitrogen and oxygen atoms in total. The number of ether oxygens (including phenoxy) is 1. The minimum absolute atomic E-state index is 0.0169. The molecule has 1 amide bonds. The molecule has 0 aromatic rings. The number of nitrogens with zero attached hydrogens (tertiary/aromatic N) is 1. The fourth-order valence-corrected chi connectivity index (χ4v) is 3.31. The molecule has 1 aliphatic heterocycles. The molecular formula is C16H25NO3. The highest BCUT2D eigenvalue weighted by atomic mass is 16.5. The van der Waals surface area contributed by atoms with Crippen LogP contribution in [0.15, 0.2) is 0 Å². The van der Waals surface area contributed by atoms with Crippen LogP contribution in [0, 0.1) is 24.2 Å². The van der Waals surface area contributed by atoms with Crippen molar-refractivity contribution < 1.29 is 14.3 Å². The summed E-state index contributed by atoms with van der Waals surface area (Å²) in [6, 6.07) is 0.0420.